The highest BCUT2D eigenvalue weighted by molar-refractivity contribution is 5.66. The molecule has 11 heavy (non-hydrogen) atoms. The second-order valence-electron chi connectivity index (χ2n) is 2.23. The Morgan fingerprint density at radius 1 is 1.36 bits per heavy atom. The van der Waals surface area contributed by atoms with E-state index in [4.69, 9.17) is 0 Å². The normalized spacial score (nSPS) is 9.27. The van der Waals surface area contributed by atoms with Crippen LogP contribution in [-0.4, -0.2) is 33.3 Å². The van der Waals surface area contributed by atoms with E-state index < -0.39 is 0 Å². The number of nitrogens with one attached hydrogen (secondary N) is 2. The van der Waals surface area contributed by atoms with Gasteiger partial charge >= 0.3 is 6.09 Å². The fourth-order valence-corrected chi connectivity index (χ4v) is 0.689. The van der Waals surface area contributed by atoms with Crippen LogP contribution in [0.3, 0.4) is 0 Å². The van der Waals surface area contributed by atoms with Crippen molar-refractivity contribution in [1.82, 2.24) is 10.6 Å². The van der Waals surface area contributed by atoms with Gasteiger partial charge in [-0.15, -0.1) is 0 Å². The van der Waals surface area contributed by atoms with Gasteiger partial charge in [0.1, 0.15) is 0 Å². The van der Waals surface area contributed by atoms with Gasteiger partial charge in [-0.1, -0.05) is 0 Å². The first-order chi connectivity index (χ1) is 5.31. The Balaban J connectivity index is 2.95. The Morgan fingerprint density at radius 2 is 2.00 bits per heavy atom. The highest BCUT2D eigenvalue weighted by Gasteiger charge is 1.94. The van der Waals surface area contributed by atoms with E-state index >= 15 is 0 Å². The molecule has 0 saturated carbocycles. The third-order valence-electron chi connectivity index (χ3n) is 1.31. The van der Waals surface area contributed by atoms with Gasteiger partial charge < -0.3 is 15.4 Å². The van der Waals surface area contributed by atoms with Crippen molar-refractivity contribution in [1.29, 1.82) is 0 Å². The van der Waals surface area contributed by atoms with Crippen LogP contribution in [0.25, 0.3) is 0 Å². The van der Waals surface area contributed by atoms with Crippen LogP contribution in [0.5, 0.6) is 0 Å². The zero-order valence-electron chi connectivity index (χ0n) is 7.14. The second kappa shape index (κ2) is 7.34. The summed E-state index contributed by atoms with van der Waals surface area (Å²) in [5.74, 6) is 0. The van der Waals surface area contributed by atoms with Crippen molar-refractivity contribution in [2.45, 2.75) is 12.8 Å². The van der Waals surface area contributed by atoms with Gasteiger partial charge in [-0.05, 0) is 26.4 Å². The summed E-state index contributed by atoms with van der Waals surface area (Å²) in [5, 5.41) is 5.63. The van der Waals surface area contributed by atoms with Crippen molar-refractivity contribution < 1.29 is 9.53 Å². The standard InChI is InChI=1S/C7H16N2O2/c1-8-5-3-4-6-9-7(10)11-2/h8H,3-6H2,1-2H3,(H,9,10). The van der Waals surface area contributed by atoms with Crippen molar-refractivity contribution in [3.63, 3.8) is 0 Å². The summed E-state index contributed by atoms with van der Waals surface area (Å²) in [5.41, 5.74) is 0. The monoisotopic (exact) mass is 160 g/mol. The Morgan fingerprint density at radius 3 is 2.55 bits per heavy atom. The van der Waals surface area contributed by atoms with Gasteiger partial charge in [0.05, 0.1) is 7.11 Å². The molecule has 0 heterocycles. The van der Waals surface area contributed by atoms with Crippen LogP contribution < -0.4 is 10.6 Å². The largest absolute Gasteiger partial charge is 0.453 e. The molecule has 0 aromatic heterocycles. The van der Waals surface area contributed by atoms with Gasteiger partial charge in [0.15, 0.2) is 0 Å². The maximum Gasteiger partial charge on any atom is 0.406 e. The van der Waals surface area contributed by atoms with E-state index in [2.05, 4.69) is 15.4 Å². The molecule has 0 atom stereocenters. The first-order valence-corrected chi connectivity index (χ1v) is 3.77. The number of rotatable bonds is 5. The van der Waals surface area contributed by atoms with Crippen molar-refractivity contribution in [3.05, 3.63) is 0 Å². The molecular weight excluding hydrogens is 144 g/mol. The fourth-order valence-electron chi connectivity index (χ4n) is 0.689. The minimum atomic E-state index is -0.352. The van der Waals surface area contributed by atoms with Crippen LogP contribution in [0.1, 0.15) is 12.8 Å². The van der Waals surface area contributed by atoms with Crippen LogP contribution in [0, 0.1) is 0 Å². The smallest absolute Gasteiger partial charge is 0.406 e. The summed E-state index contributed by atoms with van der Waals surface area (Å²) in [7, 11) is 3.27. The summed E-state index contributed by atoms with van der Waals surface area (Å²) in [6, 6.07) is 0. The predicted octanol–water partition coefficient (Wildman–Crippen LogP) is 0.342. The molecule has 0 spiro atoms. The number of unbranched alkanes of at least 4 members (excludes halogenated alkanes) is 1. The number of hydrogen-bond donors (Lipinski definition) is 2. The molecule has 4 nitrogen and oxygen atoms in total. The zero-order valence-corrected chi connectivity index (χ0v) is 7.14. The van der Waals surface area contributed by atoms with E-state index in [1.54, 1.807) is 0 Å². The minimum Gasteiger partial charge on any atom is -0.453 e. The molecule has 0 unspecified atom stereocenters. The van der Waals surface area contributed by atoms with E-state index in [9.17, 15) is 4.79 Å². The Hall–Kier alpha value is -0.770. The highest BCUT2D eigenvalue weighted by atomic mass is 16.5. The average Bonchev–Trinajstić information content (AvgIpc) is 2.04. The molecule has 0 saturated heterocycles. The van der Waals surface area contributed by atoms with E-state index in [1.165, 1.54) is 7.11 Å². The molecule has 0 fully saturated rings. The first kappa shape index (κ1) is 10.2. The predicted molar refractivity (Wildman–Crippen MR) is 43.6 cm³/mol. The number of ether oxygens (including phenoxy) is 1. The molecule has 2 N–H and O–H groups in total. The summed E-state index contributed by atoms with van der Waals surface area (Å²) < 4.78 is 4.39. The quantitative estimate of drug-likeness (QED) is 0.570. The molecular formula is C7H16N2O2. The van der Waals surface area contributed by atoms with Gasteiger partial charge in [0, 0.05) is 6.54 Å². The summed E-state index contributed by atoms with van der Waals surface area (Å²) in [6.45, 7) is 1.68. The number of alkyl carbamates (subject to hydrolysis) is 1. The van der Waals surface area contributed by atoms with Crippen LogP contribution in [0.15, 0.2) is 0 Å². The topological polar surface area (TPSA) is 50.4 Å². The second-order valence-corrected chi connectivity index (χ2v) is 2.23. The number of methoxy groups -OCH3 is 1. The lowest BCUT2D eigenvalue weighted by molar-refractivity contribution is 0.171. The van der Waals surface area contributed by atoms with Gasteiger partial charge in [-0.2, -0.15) is 0 Å². The van der Waals surface area contributed by atoms with Gasteiger partial charge in [-0.3, -0.25) is 0 Å². The van der Waals surface area contributed by atoms with Crippen LogP contribution in [0.2, 0.25) is 0 Å². The van der Waals surface area contributed by atoms with Crippen molar-refractivity contribution in [2.75, 3.05) is 27.2 Å². The third-order valence-corrected chi connectivity index (χ3v) is 1.31. The Kier molecular flexibility index (Phi) is 6.82. The summed E-state index contributed by atoms with van der Waals surface area (Å²) >= 11 is 0. The fraction of sp³-hybridized carbons (Fsp3) is 0.857. The highest BCUT2D eigenvalue weighted by Crippen LogP contribution is 1.83. The van der Waals surface area contributed by atoms with E-state index in [0.29, 0.717) is 6.54 Å². The van der Waals surface area contributed by atoms with Crippen LogP contribution in [-0.2, 0) is 4.74 Å². The maximum absolute atomic E-state index is 10.5. The molecule has 0 aromatic carbocycles. The molecule has 0 aromatic rings. The SMILES string of the molecule is CNCCCCNC(=O)OC. The summed E-state index contributed by atoms with van der Waals surface area (Å²) in [6.07, 6.45) is 1.70. The minimum absolute atomic E-state index is 0.352. The van der Waals surface area contributed by atoms with E-state index in [1.807, 2.05) is 7.05 Å². The van der Waals surface area contributed by atoms with Gasteiger partial charge in [0.25, 0.3) is 0 Å². The molecule has 0 rings (SSSR count). The van der Waals surface area contributed by atoms with Crippen LogP contribution in [0.4, 0.5) is 4.79 Å². The van der Waals surface area contributed by atoms with Gasteiger partial charge in [0.2, 0.25) is 0 Å². The maximum atomic E-state index is 10.5. The zero-order chi connectivity index (χ0) is 8.53. The average molecular weight is 160 g/mol. The van der Waals surface area contributed by atoms with Crippen molar-refractivity contribution >= 4 is 6.09 Å². The van der Waals surface area contributed by atoms with Crippen molar-refractivity contribution in [2.24, 2.45) is 0 Å². The molecule has 0 radical (unpaired) electrons. The Bertz CT molecular complexity index is 107. The number of hydrogen-bond acceptors (Lipinski definition) is 3. The third kappa shape index (κ3) is 7.12. The lowest BCUT2D eigenvalue weighted by Crippen LogP contribution is -2.24. The molecule has 4 heteroatoms. The molecule has 66 valence electrons. The number of amides is 1. The molecule has 1 amide bonds. The number of carbonyl (C=O) groups excluding carboxylic acids is 1. The van der Waals surface area contributed by atoms with E-state index in [-0.39, 0.29) is 6.09 Å². The molecule has 0 aliphatic rings. The lowest BCUT2D eigenvalue weighted by atomic mass is 10.3. The molecule has 0 aliphatic heterocycles. The van der Waals surface area contributed by atoms with Crippen molar-refractivity contribution in [3.8, 4) is 0 Å². The number of carbonyl (C=O) groups is 1. The first-order valence-electron chi connectivity index (χ1n) is 3.77. The lowest BCUT2D eigenvalue weighted by Gasteiger charge is -2.02. The van der Waals surface area contributed by atoms with Crippen LogP contribution >= 0.6 is 0 Å². The molecule has 0 bridgehead atoms. The molecule has 0 aliphatic carbocycles. The Labute approximate surface area is 67.3 Å². The van der Waals surface area contributed by atoms with E-state index in [0.717, 1.165) is 19.4 Å². The summed E-state index contributed by atoms with van der Waals surface area (Å²) in [4.78, 5) is 10.5. The van der Waals surface area contributed by atoms with Gasteiger partial charge in [-0.25, -0.2) is 4.79 Å².